The second kappa shape index (κ2) is 9.75. The second-order valence-corrected chi connectivity index (χ2v) is 9.18. The first-order valence-electron chi connectivity index (χ1n) is 11.2. The number of aromatic nitrogens is 2. The van der Waals surface area contributed by atoms with E-state index in [9.17, 15) is 9.59 Å². The van der Waals surface area contributed by atoms with Crippen LogP contribution < -0.4 is 10.9 Å². The Balaban J connectivity index is 1.42. The van der Waals surface area contributed by atoms with Gasteiger partial charge in [0.2, 0.25) is 5.91 Å². The third kappa shape index (κ3) is 4.88. The van der Waals surface area contributed by atoms with Crippen LogP contribution in [0.5, 0.6) is 0 Å². The highest BCUT2D eigenvalue weighted by Gasteiger charge is 2.20. The van der Waals surface area contributed by atoms with Crippen molar-refractivity contribution in [3.05, 3.63) is 57.0 Å². The molecule has 6 nitrogen and oxygen atoms in total. The van der Waals surface area contributed by atoms with Crippen LogP contribution in [0.4, 0.5) is 5.69 Å². The smallest absolute Gasteiger partial charge is 0.262 e. The largest absolute Gasteiger partial charge is 0.326 e. The van der Waals surface area contributed by atoms with Crippen molar-refractivity contribution in [3.63, 3.8) is 0 Å². The van der Waals surface area contributed by atoms with Crippen molar-refractivity contribution in [2.45, 2.75) is 59.0 Å². The lowest BCUT2D eigenvalue weighted by Gasteiger charge is -2.18. The highest BCUT2D eigenvalue weighted by atomic mass is 32.1. The molecule has 0 bridgehead atoms. The van der Waals surface area contributed by atoms with Gasteiger partial charge in [-0.25, -0.2) is 4.98 Å². The van der Waals surface area contributed by atoms with Crippen LogP contribution in [0, 0.1) is 0 Å². The first kappa shape index (κ1) is 21.7. The lowest BCUT2D eigenvalue weighted by atomic mass is 9.97. The number of thiophene rings is 1. The minimum atomic E-state index is -0.0978. The molecule has 0 fully saturated rings. The van der Waals surface area contributed by atoms with Gasteiger partial charge in [-0.05, 0) is 62.0 Å². The zero-order valence-electron chi connectivity index (χ0n) is 18.3. The summed E-state index contributed by atoms with van der Waals surface area (Å²) < 4.78 is 1.58. The van der Waals surface area contributed by atoms with E-state index in [1.165, 1.54) is 22.4 Å². The van der Waals surface area contributed by atoms with Gasteiger partial charge in [-0.3, -0.25) is 19.1 Å². The van der Waals surface area contributed by atoms with Gasteiger partial charge >= 0.3 is 0 Å². The maximum atomic E-state index is 13.0. The molecule has 0 atom stereocenters. The number of carbonyl (C=O) groups is 1. The molecule has 7 heteroatoms. The molecule has 3 aromatic rings. The molecule has 1 N–H and O–H groups in total. The number of fused-ring (bicyclic) bond motifs is 3. The van der Waals surface area contributed by atoms with Crippen molar-refractivity contribution in [1.82, 2.24) is 14.5 Å². The quantitative estimate of drug-likeness (QED) is 0.572. The topological polar surface area (TPSA) is 67.2 Å². The van der Waals surface area contributed by atoms with E-state index < -0.39 is 0 Å². The summed E-state index contributed by atoms with van der Waals surface area (Å²) in [4.78, 5) is 34.6. The Hall–Kier alpha value is -2.51. The van der Waals surface area contributed by atoms with Gasteiger partial charge in [0.1, 0.15) is 4.83 Å². The SMILES string of the molecule is CCN(CC)Cc1cccc(NC(=O)CCn2cnc3sc4c(c3c2=O)CCCC4)c1. The molecule has 0 aliphatic heterocycles. The first-order chi connectivity index (χ1) is 15.1. The predicted octanol–water partition coefficient (Wildman–Crippen LogP) is 4.21. The van der Waals surface area contributed by atoms with Crippen molar-refractivity contribution < 1.29 is 4.79 Å². The van der Waals surface area contributed by atoms with Crippen LogP contribution in [0.2, 0.25) is 0 Å². The summed E-state index contributed by atoms with van der Waals surface area (Å²) in [5.74, 6) is -0.0978. The van der Waals surface area contributed by atoms with Gasteiger partial charge in [-0.1, -0.05) is 26.0 Å². The average molecular weight is 439 g/mol. The Morgan fingerprint density at radius 3 is 2.84 bits per heavy atom. The van der Waals surface area contributed by atoms with E-state index in [1.54, 1.807) is 22.2 Å². The summed E-state index contributed by atoms with van der Waals surface area (Å²) in [5, 5.41) is 3.74. The Bertz CT molecular complexity index is 1130. The number of rotatable bonds is 8. The molecule has 4 rings (SSSR count). The van der Waals surface area contributed by atoms with Crippen LogP contribution in [-0.2, 0) is 30.7 Å². The van der Waals surface area contributed by atoms with Gasteiger partial charge in [0.05, 0.1) is 11.7 Å². The van der Waals surface area contributed by atoms with E-state index in [0.29, 0.717) is 6.54 Å². The Kier molecular flexibility index (Phi) is 6.83. The number of benzene rings is 1. The third-order valence-electron chi connectivity index (χ3n) is 6.03. The van der Waals surface area contributed by atoms with Gasteiger partial charge < -0.3 is 5.32 Å². The van der Waals surface area contributed by atoms with Gasteiger partial charge in [0, 0.05) is 30.1 Å². The molecule has 1 aliphatic rings. The van der Waals surface area contributed by atoms with Gasteiger partial charge in [0.25, 0.3) is 5.56 Å². The monoisotopic (exact) mass is 438 g/mol. The molecule has 31 heavy (non-hydrogen) atoms. The molecule has 1 amide bonds. The third-order valence-corrected chi connectivity index (χ3v) is 7.23. The maximum absolute atomic E-state index is 13.0. The number of aryl methyl sites for hydroxylation is 3. The second-order valence-electron chi connectivity index (χ2n) is 8.09. The minimum absolute atomic E-state index is 0.0154. The standard InChI is InChI=1S/C24H30N4O2S/c1-3-27(4-2)15-17-8-7-9-18(14-17)26-21(29)12-13-28-16-25-23-22(24(28)30)19-10-5-6-11-20(19)31-23/h7-9,14,16H,3-6,10-13,15H2,1-2H3,(H,26,29). The number of anilines is 1. The first-order valence-corrected chi connectivity index (χ1v) is 12.0. The summed E-state index contributed by atoms with van der Waals surface area (Å²) in [6.07, 6.45) is 6.14. The summed E-state index contributed by atoms with van der Waals surface area (Å²) in [7, 11) is 0. The summed E-state index contributed by atoms with van der Waals surface area (Å²) in [5.41, 5.74) is 3.14. The maximum Gasteiger partial charge on any atom is 0.262 e. The molecule has 164 valence electrons. The van der Waals surface area contributed by atoms with Crippen LogP contribution in [0.25, 0.3) is 10.2 Å². The van der Waals surface area contributed by atoms with E-state index in [0.717, 1.165) is 54.8 Å². The van der Waals surface area contributed by atoms with Crippen molar-refractivity contribution in [2.24, 2.45) is 0 Å². The molecular weight excluding hydrogens is 408 g/mol. The number of carbonyl (C=O) groups excluding carboxylic acids is 1. The van der Waals surface area contributed by atoms with E-state index >= 15 is 0 Å². The molecule has 2 heterocycles. The van der Waals surface area contributed by atoms with E-state index in [2.05, 4.69) is 35.1 Å². The molecule has 0 saturated carbocycles. The van der Waals surface area contributed by atoms with Gasteiger partial charge in [-0.2, -0.15) is 0 Å². The molecule has 0 spiro atoms. The molecule has 2 aromatic heterocycles. The van der Waals surface area contributed by atoms with Crippen LogP contribution in [0.1, 0.15) is 49.1 Å². The zero-order valence-corrected chi connectivity index (χ0v) is 19.1. The highest BCUT2D eigenvalue weighted by Crippen LogP contribution is 2.33. The number of nitrogens with one attached hydrogen (secondary N) is 1. The molecule has 1 aromatic carbocycles. The zero-order chi connectivity index (χ0) is 21.8. The van der Waals surface area contributed by atoms with Gasteiger partial charge in [-0.15, -0.1) is 11.3 Å². The van der Waals surface area contributed by atoms with Crippen molar-refractivity contribution in [2.75, 3.05) is 18.4 Å². The average Bonchev–Trinajstić information content (AvgIpc) is 3.16. The minimum Gasteiger partial charge on any atom is -0.326 e. The summed E-state index contributed by atoms with van der Waals surface area (Å²) in [6, 6.07) is 7.97. The Morgan fingerprint density at radius 1 is 1.23 bits per heavy atom. The fraction of sp³-hybridized carbons (Fsp3) is 0.458. The van der Waals surface area contributed by atoms with Crippen LogP contribution in [0.15, 0.2) is 35.4 Å². The fourth-order valence-corrected chi connectivity index (χ4v) is 5.46. The molecular formula is C24H30N4O2S. The van der Waals surface area contributed by atoms with Gasteiger partial charge in [0.15, 0.2) is 0 Å². The van der Waals surface area contributed by atoms with Crippen LogP contribution >= 0.6 is 11.3 Å². The van der Waals surface area contributed by atoms with E-state index in [1.807, 2.05) is 18.2 Å². The lowest BCUT2D eigenvalue weighted by Crippen LogP contribution is -2.24. The summed E-state index contributed by atoms with van der Waals surface area (Å²) in [6.45, 7) is 7.48. The lowest BCUT2D eigenvalue weighted by molar-refractivity contribution is -0.116. The normalized spacial score (nSPS) is 13.5. The van der Waals surface area contributed by atoms with Crippen LogP contribution in [-0.4, -0.2) is 33.4 Å². The van der Waals surface area contributed by atoms with E-state index in [4.69, 9.17) is 0 Å². The highest BCUT2D eigenvalue weighted by molar-refractivity contribution is 7.18. The molecule has 0 saturated heterocycles. The summed E-state index contributed by atoms with van der Waals surface area (Å²) >= 11 is 1.65. The Labute approximate surface area is 186 Å². The number of nitrogens with zero attached hydrogens (tertiary/aromatic N) is 3. The number of hydrogen-bond donors (Lipinski definition) is 1. The Morgan fingerprint density at radius 2 is 2.03 bits per heavy atom. The number of hydrogen-bond acceptors (Lipinski definition) is 5. The van der Waals surface area contributed by atoms with Crippen molar-refractivity contribution in [1.29, 1.82) is 0 Å². The van der Waals surface area contributed by atoms with Crippen molar-refractivity contribution in [3.8, 4) is 0 Å². The molecule has 1 aliphatic carbocycles. The van der Waals surface area contributed by atoms with Crippen LogP contribution in [0.3, 0.4) is 0 Å². The fourth-order valence-electron chi connectivity index (χ4n) is 4.24. The van der Waals surface area contributed by atoms with E-state index in [-0.39, 0.29) is 17.9 Å². The predicted molar refractivity (Wildman–Crippen MR) is 127 cm³/mol. The molecule has 0 unspecified atom stereocenters. The van der Waals surface area contributed by atoms with Crippen molar-refractivity contribution >= 4 is 33.1 Å². The molecule has 0 radical (unpaired) electrons. The number of amides is 1.